The quantitative estimate of drug-likeness (QED) is 0.258. The van der Waals surface area contributed by atoms with Crippen LogP contribution in [-0.2, 0) is 9.53 Å². The minimum Gasteiger partial charge on any atom is -0.463 e. The maximum Gasteiger partial charge on any atom is 0.306 e. The highest BCUT2D eigenvalue weighted by Gasteiger charge is 2.08. The van der Waals surface area contributed by atoms with Crippen molar-refractivity contribution in [2.24, 2.45) is 0 Å². The summed E-state index contributed by atoms with van der Waals surface area (Å²) in [5.74, 6) is -0.101. The third-order valence-corrected chi connectivity index (χ3v) is 3.37. The van der Waals surface area contributed by atoms with Gasteiger partial charge < -0.3 is 9.22 Å². The van der Waals surface area contributed by atoms with Crippen LogP contribution < -0.4 is 0 Å². The molecule has 0 unspecified atom stereocenters. The molecule has 0 radical (unpaired) electrons. The van der Waals surface area contributed by atoms with Gasteiger partial charge in [-0.2, -0.15) is 0 Å². The number of nitrogens with zero attached hydrogens (tertiary/aromatic N) is 1. The fraction of sp³-hybridized carbons (Fsp3) is 0.722. The van der Waals surface area contributed by atoms with E-state index >= 15 is 0 Å². The van der Waals surface area contributed by atoms with Gasteiger partial charge in [-0.15, -0.1) is 0 Å². The van der Waals surface area contributed by atoms with E-state index in [9.17, 15) is 4.79 Å². The van der Waals surface area contributed by atoms with E-state index in [0.29, 0.717) is 6.42 Å². The summed E-state index contributed by atoms with van der Waals surface area (Å²) in [6.45, 7) is 5.95. The molecular formula is C18H34NO2+. The Kier molecular flexibility index (Phi) is 10.1. The van der Waals surface area contributed by atoms with E-state index in [1.54, 1.807) is 0 Å². The van der Waals surface area contributed by atoms with Crippen molar-refractivity contribution in [3.63, 3.8) is 0 Å². The molecule has 0 aromatic rings. The molecule has 3 nitrogen and oxygen atoms in total. The minimum atomic E-state index is -0.101. The molecule has 0 rings (SSSR count). The van der Waals surface area contributed by atoms with Crippen LogP contribution in [-0.4, -0.2) is 37.7 Å². The highest BCUT2D eigenvalue weighted by Crippen LogP contribution is 2.10. The zero-order valence-electron chi connectivity index (χ0n) is 14.8. The number of carbonyl (C=O) groups is 1. The molecule has 0 amide bonds. The van der Waals surface area contributed by atoms with Crippen LogP contribution in [0.3, 0.4) is 0 Å². The summed E-state index contributed by atoms with van der Waals surface area (Å²) in [5, 5.41) is 0. The Balaban J connectivity index is 3.60. The van der Waals surface area contributed by atoms with Crippen LogP contribution in [0.25, 0.3) is 0 Å². The van der Waals surface area contributed by atoms with E-state index in [-0.39, 0.29) is 12.1 Å². The second kappa shape index (κ2) is 10.6. The summed E-state index contributed by atoms with van der Waals surface area (Å²) in [7, 11) is 6.58. The fourth-order valence-electron chi connectivity index (χ4n) is 1.75. The number of quaternary nitrogens is 1. The molecule has 0 bridgehead atoms. The van der Waals surface area contributed by atoms with Gasteiger partial charge in [-0.1, -0.05) is 12.2 Å². The Labute approximate surface area is 131 Å². The molecule has 0 N–H and O–H groups in total. The number of esters is 1. The van der Waals surface area contributed by atoms with Gasteiger partial charge in [0, 0.05) is 13.3 Å². The fourth-order valence-corrected chi connectivity index (χ4v) is 1.75. The highest BCUT2D eigenvalue weighted by atomic mass is 16.5. The number of carbonyl (C=O) groups excluding carboxylic acids is 1. The average molecular weight is 296 g/mol. The van der Waals surface area contributed by atoms with Gasteiger partial charge in [-0.25, -0.2) is 0 Å². The van der Waals surface area contributed by atoms with Gasteiger partial charge in [0.15, 0.2) is 0 Å². The van der Waals surface area contributed by atoms with E-state index in [2.05, 4.69) is 46.3 Å². The monoisotopic (exact) mass is 296 g/mol. The summed E-state index contributed by atoms with van der Waals surface area (Å²) in [6.07, 6.45) is 12.5. The van der Waals surface area contributed by atoms with Crippen molar-refractivity contribution in [2.75, 3.05) is 21.1 Å². The molecule has 0 saturated heterocycles. The van der Waals surface area contributed by atoms with Gasteiger partial charge in [0.2, 0.25) is 0 Å². The molecule has 21 heavy (non-hydrogen) atoms. The van der Waals surface area contributed by atoms with E-state index in [0.717, 1.165) is 23.7 Å². The van der Waals surface area contributed by atoms with Crippen molar-refractivity contribution in [3.8, 4) is 0 Å². The van der Waals surface area contributed by atoms with Crippen LogP contribution in [0.5, 0.6) is 0 Å². The molecule has 0 aliphatic heterocycles. The van der Waals surface area contributed by atoms with Crippen molar-refractivity contribution < 1.29 is 14.0 Å². The number of unbranched alkanes of at least 4 members (excludes halogenated alkanes) is 3. The van der Waals surface area contributed by atoms with Gasteiger partial charge in [-0.05, 0) is 52.0 Å². The zero-order valence-corrected chi connectivity index (χ0v) is 14.8. The Morgan fingerprint density at radius 1 is 1.05 bits per heavy atom. The maximum atomic E-state index is 11.3. The topological polar surface area (TPSA) is 26.3 Å². The molecule has 0 aliphatic carbocycles. The summed E-state index contributed by atoms with van der Waals surface area (Å²) in [5.41, 5.74) is 1.41. The first-order valence-corrected chi connectivity index (χ1v) is 8.06. The molecule has 0 aromatic heterocycles. The molecule has 0 aromatic carbocycles. The summed E-state index contributed by atoms with van der Waals surface area (Å²) in [6, 6.07) is 0. The third-order valence-electron chi connectivity index (χ3n) is 3.37. The maximum absolute atomic E-state index is 11.3. The lowest BCUT2D eigenvalue weighted by atomic mass is 10.1. The lowest BCUT2D eigenvalue weighted by Crippen LogP contribution is -2.31. The molecule has 0 aliphatic rings. The summed E-state index contributed by atoms with van der Waals surface area (Å²) >= 11 is 0. The van der Waals surface area contributed by atoms with Crippen LogP contribution >= 0.6 is 0 Å². The SMILES string of the molecule is CC(=CCCCCC=CCCC(=O)OC(C)C)[N+](C)(C)C. The number of ether oxygens (including phenoxy) is 1. The van der Waals surface area contributed by atoms with Gasteiger partial charge in [0.25, 0.3) is 0 Å². The molecule has 0 fully saturated rings. The number of hydrogen-bond donors (Lipinski definition) is 0. The smallest absolute Gasteiger partial charge is 0.306 e. The average Bonchev–Trinajstić information content (AvgIpc) is 2.34. The van der Waals surface area contributed by atoms with Crippen molar-refractivity contribution in [1.29, 1.82) is 0 Å². The summed E-state index contributed by atoms with van der Waals surface area (Å²) in [4.78, 5) is 11.3. The molecular weight excluding hydrogens is 262 g/mol. The second-order valence-electron chi connectivity index (χ2n) is 6.69. The zero-order chi connectivity index (χ0) is 16.3. The van der Waals surface area contributed by atoms with Crippen LogP contribution in [0.1, 0.15) is 59.3 Å². The molecule has 0 saturated carbocycles. The van der Waals surface area contributed by atoms with Crippen LogP contribution in [0.15, 0.2) is 23.9 Å². The van der Waals surface area contributed by atoms with Crippen molar-refractivity contribution >= 4 is 5.97 Å². The first-order chi connectivity index (χ1) is 9.73. The molecule has 0 atom stereocenters. The predicted octanol–water partition coefficient (Wildman–Crippen LogP) is 4.44. The van der Waals surface area contributed by atoms with Crippen LogP contribution in [0.2, 0.25) is 0 Å². The Morgan fingerprint density at radius 3 is 2.19 bits per heavy atom. The Bertz CT molecular complexity index is 349. The molecule has 0 heterocycles. The Hall–Kier alpha value is -1.09. The van der Waals surface area contributed by atoms with Gasteiger partial charge in [-0.3, -0.25) is 4.79 Å². The predicted molar refractivity (Wildman–Crippen MR) is 89.9 cm³/mol. The van der Waals surface area contributed by atoms with Crippen LogP contribution in [0, 0.1) is 0 Å². The van der Waals surface area contributed by atoms with Gasteiger partial charge >= 0.3 is 5.97 Å². The normalized spacial score (nSPS) is 13.2. The molecule has 3 heteroatoms. The minimum absolute atomic E-state index is 0.00953. The van der Waals surface area contributed by atoms with Gasteiger partial charge in [0.05, 0.1) is 27.2 Å². The third kappa shape index (κ3) is 12.4. The molecule has 0 spiro atoms. The second-order valence-corrected chi connectivity index (χ2v) is 6.69. The number of allylic oxidation sites excluding steroid dienone is 4. The first-order valence-electron chi connectivity index (χ1n) is 8.06. The van der Waals surface area contributed by atoms with Crippen molar-refractivity contribution in [1.82, 2.24) is 0 Å². The number of hydrogen-bond acceptors (Lipinski definition) is 2. The first kappa shape index (κ1) is 19.9. The largest absolute Gasteiger partial charge is 0.463 e. The van der Waals surface area contributed by atoms with Crippen LogP contribution in [0.4, 0.5) is 0 Å². The van der Waals surface area contributed by atoms with Gasteiger partial charge in [0.1, 0.15) is 5.70 Å². The van der Waals surface area contributed by atoms with E-state index in [4.69, 9.17) is 4.74 Å². The highest BCUT2D eigenvalue weighted by molar-refractivity contribution is 5.69. The van der Waals surface area contributed by atoms with Crippen molar-refractivity contribution in [3.05, 3.63) is 23.9 Å². The Morgan fingerprint density at radius 2 is 1.62 bits per heavy atom. The molecule has 122 valence electrons. The lowest BCUT2D eigenvalue weighted by molar-refractivity contribution is -0.831. The van der Waals surface area contributed by atoms with E-state index in [1.807, 2.05) is 13.8 Å². The van der Waals surface area contributed by atoms with Crippen molar-refractivity contribution in [2.45, 2.75) is 65.4 Å². The lowest BCUT2D eigenvalue weighted by Gasteiger charge is -2.24. The van der Waals surface area contributed by atoms with E-state index in [1.165, 1.54) is 18.5 Å². The number of rotatable bonds is 10. The van der Waals surface area contributed by atoms with E-state index < -0.39 is 0 Å². The summed E-state index contributed by atoms with van der Waals surface area (Å²) < 4.78 is 5.99. The standard InChI is InChI=1S/C18H34NO2/c1-16(2)21-18(20)15-13-11-9-7-8-10-12-14-17(3)19(4,5)6/h9,11,14,16H,7-8,10,12-13,15H2,1-6H3/q+1.